The van der Waals surface area contributed by atoms with Gasteiger partial charge in [-0.2, -0.15) is 0 Å². The lowest BCUT2D eigenvalue weighted by Gasteiger charge is -2.08. The maximum absolute atomic E-state index is 11.5. The SMILES string of the molecule is O=C(NO)c1ccc2ccn(CCOc3cccnc3)c2c1. The van der Waals surface area contributed by atoms with Crippen molar-refractivity contribution in [3.63, 3.8) is 0 Å². The van der Waals surface area contributed by atoms with Crippen molar-refractivity contribution in [2.45, 2.75) is 6.54 Å². The Hall–Kier alpha value is -2.86. The van der Waals surface area contributed by atoms with E-state index in [0.717, 1.165) is 16.7 Å². The van der Waals surface area contributed by atoms with Crippen LogP contribution in [0.1, 0.15) is 10.4 Å². The highest BCUT2D eigenvalue weighted by Crippen LogP contribution is 2.18. The number of fused-ring (bicyclic) bond motifs is 1. The first kappa shape index (κ1) is 14.1. The van der Waals surface area contributed by atoms with Gasteiger partial charge in [0.1, 0.15) is 12.4 Å². The van der Waals surface area contributed by atoms with Crippen LogP contribution in [0.3, 0.4) is 0 Å². The fraction of sp³-hybridized carbons (Fsp3) is 0.125. The molecule has 6 nitrogen and oxygen atoms in total. The van der Waals surface area contributed by atoms with Gasteiger partial charge in [0.25, 0.3) is 5.91 Å². The number of hydrogen-bond donors (Lipinski definition) is 2. The summed E-state index contributed by atoms with van der Waals surface area (Å²) in [6.07, 6.45) is 5.30. The van der Waals surface area contributed by atoms with Gasteiger partial charge in [-0.3, -0.25) is 15.0 Å². The van der Waals surface area contributed by atoms with E-state index in [-0.39, 0.29) is 0 Å². The number of nitrogens with one attached hydrogen (secondary N) is 1. The van der Waals surface area contributed by atoms with E-state index in [9.17, 15) is 4.79 Å². The van der Waals surface area contributed by atoms with E-state index in [1.54, 1.807) is 30.0 Å². The molecule has 0 aliphatic heterocycles. The number of hydrogen-bond acceptors (Lipinski definition) is 4. The van der Waals surface area contributed by atoms with E-state index in [2.05, 4.69) is 4.98 Å². The first-order valence-electron chi connectivity index (χ1n) is 6.84. The van der Waals surface area contributed by atoms with Crippen molar-refractivity contribution >= 4 is 16.8 Å². The minimum absolute atomic E-state index is 0.406. The lowest BCUT2D eigenvalue weighted by molar-refractivity contribution is 0.0706. The second-order valence-electron chi connectivity index (χ2n) is 4.76. The molecular formula is C16H15N3O3. The van der Waals surface area contributed by atoms with E-state index in [0.29, 0.717) is 18.7 Å². The Morgan fingerprint density at radius 3 is 3.00 bits per heavy atom. The maximum atomic E-state index is 11.5. The largest absolute Gasteiger partial charge is 0.490 e. The molecule has 0 aliphatic rings. The van der Waals surface area contributed by atoms with E-state index in [4.69, 9.17) is 9.94 Å². The Morgan fingerprint density at radius 1 is 1.32 bits per heavy atom. The second kappa shape index (κ2) is 6.28. The van der Waals surface area contributed by atoms with Crippen molar-refractivity contribution < 1.29 is 14.7 Å². The zero-order valence-corrected chi connectivity index (χ0v) is 11.8. The van der Waals surface area contributed by atoms with Crippen LogP contribution in [0.25, 0.3) is 10.9 Å². The van der Waals surface area contributed by atoms with Crippen LogP contribution in [-0.4, -0.2) is 27.3 Å². The van der Waals surface area contributed by atoms with Crippen LogP contribution in [0.5, 0.6) is 5.75 Å². The molecule has 0 bridgehead atoms. The number of benzene rings is 1. The minimum atomic E-state index is -0.527. The molecule has 6 heteroatoms. The third kappa shape index (κ3) is 2.91. The molecule has 112 valence electrons. The van der Waals surface area contributed by atoms with Gasteiger partial charge in [0.15, 0.2) is 0 Å². The van der Waals surface area contributed by atoms with Crippen LogP contribution >= 0.6 is 0 Å². The first-order valence-corrected chi connectivity index (χ1v) is 6.84. The standard InChI is InChI=1S/C16H15N3O3/c20-16(18-21)13-4-3-12-5-7-19(15(12)10-13)8-9-22-14-2-1-6-17-11-14/h1-7,10-11,21H,8-9H2,(H,18,20). The molecule has 3 rings (SSSR count). The van der Waals surface area contributed by atoms with Gasteiger partial charge >= 0.3 is 0 Å². The summed E-state index contributed by atoms with van der Waals surface area (Å²) in [6, 6.07) is 10.9. The zero-order valence-electron chi connectivity index (χ0n) is 11.8. The highest BCUT2D eigenvalue weighted by Gasteiger charge is 2.07. The van der Waals surface area contributed by atoms with E-state index >= 15 is 0 Å². The van der Waals surface area contributed by atoms with Crippen LogP contribution in [-0.2, 0) is 6.54 Å². The molecule has 0 atom stereocenters. The van der Waals surface area contributed by atoms with Crippen LogP contribution in [0.2, 0.25) is 0 Å². The second-order valence-corrected chi connectivity index (χ2v) is 4.76. The highest BCUT2D eigenvalue weighted by molar-refractivity contribution is 5.97. The number of pyridine rings is 1. The number of aromatic nitrogens is 2. The van der Waals surface area contributed by atoms with Crippen LogP contribution < -0.4 is 10.2 Å². The Balaban J connectivity index is 1.74. The average molecular weight is 297 g/mol. The number of carbonyl (C=O) groups is 1. The Bertz CT molecular complexity index is 784. The number of carbonyl (C=O) groups excluding carboxylic acids is 1. The predicted molar refractivity (Wildman–Crippen MR) is 80.9 cm³/mol. The van der Waals surface area contributed by atoms with Gasteiger partial charge < -0.3 is 9.30 Å². The van der Waals surface area contributed by atoms with Gasteiger partial charge in [-0.25, -0.2) is 5.48 Å². The first-order chi connectivity index (χ1) is 10.8. The van der Waals surface area contributed by atoms with Crippen LogP contribution in [0, 0.1) is 0 Å². The van der Waals surface area contributed by atoms with Crippen molar-refractivity contribution in [3.8, 4) is 5.75 Å². The van der Waals surface area contributed by atoms with E-state index in [1.807, 2.05) is 35.0 Å². The lowest BCUT2D eigenvalue weighted by atomic mass is 10.1. The number of hydroxylamine groups is 1. The zero-order chi connectivity index (χ0) is 15.4. The molecule has 0 spiro atoms. The molecule has 0 saturated carbocycles. The average Bonchev–Trinajstić information content (AvgIpc) is 2.97. The Kier molecular flexibility index (Phi) is 4.02. The summed E-state index contributed by atoms with van der Waals surface area (Å²) in [5.41, 5.74) is 2.96. The number of nitrogens with zero attached hydrogens (tertiary/aromatic N) is 2. The van der Waals surface area contributed by atoms with Crippen molar-refractivity contribution in [3.05, 3.63) is 60.6 Å². The molecule has 0 fully saturated rings. The molecule has 2 heterocycles. The van der Waals surface area contributed by atoms with Crippen molar-refractivity contribution in [2.75, 3.05) is 6.61 Å². The summed E-state index contributed by atoms with van der Waals surface area (Å²) in [4.78, 5) is 15.5. The van der Waals surface area contributed by atoms with Gasteiger partial charge in [-0.15, -0.1) is 0 Å². The monoisotopic (exact) mass is 297 g/mol. The summed E-state index contributed by atoms with van der Waals surface area (Å²) in [7, 11) is 0. The highest BCUT2D eigenvalue weighted by atomic mass is 16.5. The molecule has 0 saturated heterocycles. The van der Waals surface area contributed by atoms with Crippen molar-refractivity contribution in [1.29, 1.82) is 0 Å². The lowest BCUT2D eigenvalue weighted by Crippen LogP contribution is -2.18. The molecule has 1 aromatic carbocycles. The third-order valence-corrected chi connectivity index (χ3v) is 3.37. The summed E-state index contributed by atoms with van der Waals surface area (Å²) < 4.78 is 7.62. The molecule has 3 aromatic rings. The normalized spacial score (nSPS) is 10.6. The number of amides is 1. The van der Waals surface area contributed by atoms with E-state index < -0.39 is 5.91 Å². The van der Waals surface area contributed by atoms with Crippen LogP contribution in [0.15, 0.2) is 55.0 Å². The van der Waals surface area contributed by atoms with Gasteiger partial charge in [0, 0.05) is 23.5 Å². The van der Waals surface area contributed by atoms with Gasteiger partial charge in [0.2, 0.25) is 0 Å². The topological polar surface area (TPSA) is 76.4 Å². The number of rotatable bonds is 5. The molecule has 2 N–H and O–H groups in total. The van der Waals surface area contributed by atoms with Crippen molar-refractivity contribution in [1.82, 2.24) is 15.0 Å². The fourth-order valence-corrected chi connectivity index (χ4v) is 2.28. The Labute approximate surface area is 126 Å². The summed E-state index contributed by atoms with van der Waals surface area (Å²) in [5.74, 6) is 0.195. The van der Waals surface area contributed by atoms with E-state index in [1.165, 1.54) is 0 Å². The maximum Gasteiger partial charge on any atom is 0.274 e. The summed E-state index contributed by atoms with van der Waals surface area (Å²) in [5, 5.41) is 9.74. The molecule has 2 aromatic heterocycles. The predicted octanol–water partition coefficient (Wildman–Crippen LogP) is 2.23. The van der Waals surface area contributed by atoms with Crippen LogP contribution in [0.4, 0.5) is 0 Å². The molecule has 22 heavy (non-hydrogen) atoms. The summed E-state index contributed by atoms with van der Waals surface area (Å²) >= 11 is 0. The minimum Gasteiger partial charge on any atom is -0.490 e. The smallest absolute Gasteiger partial charge is 0.274 e. The van der Waals surface area contributed by atoms with Gasteiger partial charge in [-0.1, -0.05) is 6.07 Å². The number of ether oxygens (including phenoxy) is 1. The summed E-state index contributed by atoms with van der Waals surface area (Å²) in [6.45, 7) is 1.13. The molecule has 0 radical (unpaired) electrons. The third-order valence-electron chi connectivity index (χ3n) is 3.37. The molecule has 1 amide bonds. The molecule has 0 unspecified atom stereocenters. The fourth-order valence-electron chi connectivity index (χ4n) is 2.28. The van der Waals surface area contributed by atoms with Gasteiger partial charge in [0.05, 0.1) is 12.7 Å². The Morgan fingerprint density at radius 2 is 2.23 bits per heavy atom. The van der Waals surface area contributed by atoms with Crippen molar-refractivity contribution in [2.24, 2.45) is 0 Å². The molecule has 0 aliphatic carbocycles. The quantitative estimate of drug-likeness (QED) is 0.559. The van der Waals surface area contributed by atoms with Gasteiger partial charge in [-0.05, 0) is 35.7 Å². The molecular weight excluding hydrogens is 282 g/mol.